The minimum atomic E-state index is -0.495. The van der Waals surface area contributed by atoms with Crippen LogP contribution in [-0.2, 0) is 11.3 Å². The molecule has 7 heteroatoms. The fraction of sp³-hybridized carbons (Fsp3) is 0.214. The number of nitrogens with one attached hydrogen (secondary N) is 1. The van der Waals surface area contributed by atoms with E-state index in [0.29, 0.717) is 29.5 Å². The maximum atomic E-state index is 11.7. The Hall–Kier alpha value is -2.83. The molecule has 0 spiro atoms. The van der Waals surface area contributed by atoms with E-state index in [4.69, 9.17) is 15.2 Å². The predicted octanol–water partition coefficient (Wildman–Crippen LogP) is 1.47. The molecule has 110 valence electrons. The van der Waals surface area contributed by atoms with E-state index in [1.54, 1.807) is 19.4 Å². The SMILES string of the molecule is COC(=O)c1cc(N)cnc1NCc1ccc(OC)nc1. The Kier molecular flexibility index (Phi) is 4.55. The quantitative estimate of drug-likeness (QED) is 0.803. The molecule has 2 aromatic rings. The summed E-state index contributed by atoms with van der Waals surface area (Å²) >= 11 is 0. The number of anilines is 2. The molecule has 21 heavy (non-hydrogen) atoms. The molecule has 0 atom stereocenters. The Morgan fingerprint density at radius 2 is 2.10 bits per heavy atom. The van der Waals surface area contributed by atoms with Gasteiger partial charge in [-0.1, -0.05) is 6.07 Å². The summed E-state index contributed by atoms with van der Waals surface area (Å²) in [5.74, 6) is 0.455. The summed E-state index contributed by atoms with van der Waals surface area (Å²) in [6, 6.07) is 5.15. The van der Waals surface area contributed by atoms with Gasteiger partial charge in [-0.2, -0.15) is 0 Å². The Morgan fingerprint density at radius 3 is 2.71 bits per heavy atom. The summed E-state index contributed by atoms with van der Waals surface area (Å²) in [5.41, 5.74) is 7.24. The van der Waals surface area contributed by atoms with Gasteiger partial charge in [-0.15, -0.1) is 0 Å². The molecule has 0 radical (unpaired) electrons. The van der Waals surface area contributed by atoms with E-state index in [0.717, 1.165) is 5.56 Å². The number of esters is 1. The topological polar surface area (TPSA) is 99.4 Å². The number of ether oxygens (including phenoxy) is 2. The van der Waals surface area contributed by atoms with Gasteiger partial charge in [-0.05, 0) is 11.6 Å². The molecular formula is C14H16N4O3. The number of rotatable bonds is 5. The Morgan fingerprint density at radius 1 is 1.29 bits per heavy atom. The molecule has 3 N–H and O–H groups in total. The highest BCUT2D eigenvalue weighted by Gasteiger charge is 2.13. The van der Waals surface area contributed by atoms with Crippen molar-refractivity contribution in [1.29, 1.82) is 0 Å². The largest absolute Gasteiger partial charge is 0.481 e. The lowest BCUT2D eigenvalue weighted by Gasteiger charge is -2.10. The van der Waals surface area contributed by atoms with Crippen LogP contribution in [0.5, 0.6) is 5.88 Å². The second kappa shape index (κ2) is 6.56. The average Bonchev–Trinajstić information content (AvgIpc) is 2.53. The van der Waals surface area contributed by atoms with E-state index in [1.807, 2.05) is 6.07 Å². The molecular weight excluding hydrogens is 272 g/mol. The third-order valence-electron chi connectivity index (χ3n) is 2.78. The van der Waals surface area contributed by atoms with E-state index in [9.17, 15) is 4.79 Å². The van der Waals surface area contributed by atoms with Gasteiger partial charge >= 0.3 is 5.97 Å². The second-order valence-corrected chi connectivity index (χ2v) is 4.22. The number of aromatic nitrogens is 2. The molecule has 0 amide bonds. The Labute approximate surface area is 122 Å². The van der Waals surface area contributed by atoms with Crippen LogP contribution in [0.3, 0.4) is 0 Å². The molecule has 0 unspecified atom stereocenters. The molecule has 0 aliphatic heterocycles. The smallest absolute Gasteiger partial charge is 0.341 e. The van der Waals surface area contributed by atoms with Crippen LogP contribution in [0.2, 0.25) is 0 Å². The molecule has 2 rings (SSSR count). The normalized spacial score (nSPS) is 10.0. The van der Waals surface area contributed by atoms with Gasteiger partial charge in [-0.25, -0.2) is 14.8 Å². The number of hydrogen-bond donors (Lipinski definition) is 2. The summed E-state index contributed by atoms with van der Waals surface area (Å²) in [7, 11) is 2.86. The van der Waals surface area contributed by atoms with Crippen molar-refractivity contribution in [1.82, 2.24) is 9.97 Å². The summed E-state index contributed by atoms with van der Waals surface area (Å²) in [5, 5.41) is 3.06. The molecule has 2 heterocycles. The van der Waals surface area contributed by atoms with Gasteiger partial charge in [0.1, 0.15) is 11.4 Å². The zero-order valence-electron chi connectivity index (χ0n) is 11.8. The third kappa shape index (κ3) is 3.59. The van der Waals surface area contributed by atoms with Crippen LogP contribution in [0.15, 0.2) is 30.6 Å². The average molecular weight is 288 g/mol. The van der Waals surface area contributed by atoms with Crippen molar-refractivity contribution in [3.05, 3.63) is 41.7 Å². The van der Waals surface area contributed by atoms with Crippen molar-refractivity contribution in [2.45, 2.75) is 6.54 Å². The van der Waals surface area contributed by atoms with Crippen LogP contribution in [0.4, 0.5) is 11.5 Å². The lowest BCUT2D eigenvalue weighted by Crippen LogP contribution is -2.11. The number of carbonyl (C=O) groups is 1. The fourth-order valence-electron chi connectivity index (χ4n) is 1.71. The summed E-state index contributed by atoms with van der Waals surface area (Å²) in [4.78, 5) is 19.9. The van der Waals surface area contributed by atoms with E-state index < -0.39 is 5.97 Å². The number of nitrogen functional groups attached to an aromatic ring is 1. The first kappa shape index (κ1) is 14.6. The molecule has 7 nitrogen and oxygen atoms in total. The predicted molar refractivity (Wildman–Crippen MR) is 78.1 cm³/mol. The number of carbonyl (C=O) groups excluding carboxylic acids is 1. The Bertz CT molecular complexity index is 629. The van der Waals surface area contributed by atoms with Crippen LogP contribution >= 0.6 is 0 Å². The van der Waals surface area contributed by atoms with Crippen LogP contribution in [0.25, 0.3) is 0 Å². The van der Waals surface area contributed by atoms with Gasteiger partial charge < -0.3 is 20.5 Å². The van der Waals surface area contributed by atoms with Crippen LogP contribution < -0.4 is 15.8 Å². The first-order valence-electron chi connectivity index (χ1n) is 6.20. The highest BCUT2D eigenvalue weighted by molar-refractivity contribution is 5.95. The second-order valence-electron chi connectivity index (χ2n) is 4.22. The van der Waals surface area contributed by atoms with Crippen molar-refractivity contribution >= 4 is 17.5 Å². The van der Waals surface area contributed by atoms with Gasteiger partial charge in [0.15, 0.2) is 0 Å². The number of nitrogens with zero attached hydrogens (tertiary/aromatic N) is 2. The van der Waals surface area contributed by atoms with Crippen LogP contribution in [-0.4, -0.2) is 30.2 Å². The van der Waals surface area contributed by atoms with Crippen molar-refractivity contribution in [3.63, 3.8) is 0 Å². The number of nitrogens with two attached hydrogens (primary N) is 1. The van der Waals surface area contributed by atoms with Crippen molar-refractivity contribution in [2.24, 2.45) is 0 Å². The number of hydrogen-bond acceptors (Lipinski definition) is 7. The lowest BCUT2D eigenvalue weighted by molar-refractivity contribution is 0.0601. The number of pyridine rings is 2. The fourth-order valence-corrected chi connectivity index (χ4v) is 1.71. The first-order chi connectivity index (χ1) is 10.1. The lowest BCUT2D eigenvalue weighted by atomic mass is 10.2. The van der Waals surface area contributed by atoms with E-state index in [-0.39, 0.29) is 0 Å². The first-order valence-corrected chi connectivity index (χ1v) is 6.20. The molecule has 0 bridgehead atoms. The molecule has 0 saturated heterocycles. The standard InChI is InChI=1S/C14H16N4O3/c1-20-12-4-3-9(6-16-12)7-17-13-11(14(19)21-2)5-10(15)8-18-13/h3-6,8H,7,15H2,1-2H3,(H,17,18). The third-order valence-corrected chi connectivity index (χ3v) is 2.78. The van der Waals surface area contributed by atoms with Gasteiger partial charge in [0, 0.05) is 18.8 Å². The molecule has 0 aliphatic carbocycles. The summed E-state index contributed by atoms with van der Waals surface area (Å²) < 4.78 is 9.70. The molecule has 0 aliphatic rings. The molecule has 0 fully saturated rings. The van der Waals surface area contributed by atoms with E-state index >= 15 is 0 Å². The molecule has 0 saturated carbocycles. The van der Waals surface area contributed by atoms with Gasteiger partial charge in [0.05, 0.1) is 26.1 Å². The highest BCUT2D eigenvalue weighted by atomic mass is 16.5. The zero-order chi connectivity index (χ0) is 15.2. The number of methoxy groups -OCH3 is 2. The van der Waals surface area contributed by atoms with Gasteiger partial charge in [0.25, 0.3) is 0 Å². The van der Waals surface area contributed by atoms with Gasteiger partial charge in [-0.3, -0.25) is 0 Å². The van der Waals surface area contributed by atoms with E-state index in [1.165, 1.54) is 19.4 Å². The minimum Gasteiger partial charge on any atom is -0.481 e. The summed E-state index contributed by atoms with van der Waals surface area (Å²) in [6.45, 7) is 0.456. The zero-order valence-corrected chi connectivity index (χ0v) is 11.8. The minimum absolute atomic E-state index is 0.291. The van der Waals surface area contributed by atoms with Crippen LogP contribution in [0.1, 0.15) is 15.9 Å². The van der Waals surface area contributed by atoms with Gasteiger partial charge in [0.2, 0.25) is 5.88 Å². The maximum absolute atomic E-state index is 11.7. The van der Waals surface area contributed by atoms with Crippen molar-refractivity contribution in [2.75, 3.05) is 25.3 Å². The maximum Gasteiger partial charge on any atom is 0.341 e. The van der Waals surface area contributed by atoms with Crippen molar-refractivity contribution < 1.29 is 14.3 Å². The molecule has 0 aromatic carbocycles. The van der Waals surface area contributed by atoms with E-state index in [2.05, 4.69) is 15.3 Å². The Balaban J connectivity index is 2.13. The highest BCUT2D eigenvalue weighted by Crippen LogP contribution is 2.17. The van der Waals surface area contributed by atoms with Crippen LogP contribution in [0, 0.1) is 0 Å². The molecule has 2 aromatic heterocycles. The van der Waals surface area contributed by atoms with Crippen molar-refractivity contribution in [3.8, 4) is 5.88 Å². The monoisotopic (exact) mass is 288 g/mol. The summed E-state index contributed by atoms with van der Waals surface area (Å²) in [6.07, 6.45) is 3.15.